The Morgan fingerprint density at radius 3 is 2.46 bits per heavy atom. The van der Waals surface area contributed by atoms with E-state index in [0.717, 1.165) is 16.8 Å². The van der Waals surface area contributed by atoms with E-state index < -0.39 is 0 Å². The fourth-order valence-corrected chi connectivity index (χ4v) is 3.02. The highest BCUT2D eigenvalue weighted by Gasteiger charge is 2.14. The van der Waals surface area contributed by atoms with E-state index in [0.29, 0.717) is 10.9 Å². The Hall–Kier alpha value is -3.54. The van der Waals surface area contributed by atoms with Gasteiger partial charge >= 0.3 is 0 Å². The maximum absolute atomic E-state index is 12.4. The Balaban J connectivity index is 1.83. The number of nitrogens with one attached hydrogen (secondary N) is 1. The predicted molar refractivity (Wildman–Crippen MR) is 103 cm³/mol. The van der Waals surface area contributed by atoms with Crippen molar-refractivity contribution in [3.8, 4) is 22.6 Å². The molecule has 0 aliphatic carbocycles. The van der Waals surface area contributed by atoms with Gasteiger partial charge in [-0.25, -0.2) is 4.68 Å². The van der Waals surface area contributed by atoms with Gasteiger partial charge in [-0.1, -0.05) is 18.2 Å². The van der Waals surface area contributed by atoms with E-state index >= 15 is 0 Å². The van der Waals surface area contributed by atoms with E-state index in [1.165, 1.54) is 4.68 Å². The molecule has 6 heteroatoms. The summed E-state index contributed by atoms with van der Waals surface area (Å²) in [6.07, 6.45) is 3.18. The summed E-state index contributed by atoms with van der Waals surface area (Å²) in [4.78, 5) is 17.3. The van der Waals surface area contributed by atoms with Gasteiger partial charge < -0.3 is 15.0 Å². The van der Waals surface area contributed by atoms with Gasteiger partial charge in [-0.2, -0.15) is 5.10 Å². The first-order valence-electron chi connectivity index (χ1n) is 8.21. The Bertz CT molecular complexity index is 1130. The third-order valence-electron chi connectivity index (χ3n) is 4.41. The molecule has 6 nitrogen and oxygen atoms in total. The normalized spacial score (nSPS) is 11.0. The lowest BCUT2D eigenvalue weighted by molar-refractivity contribution is 0.475. The standard InChI is InChI=1S/C20H18N4O2/c1-23(2)15-7-4-13(5-8-15)14-6-9-16-17(12-14)22-20(26)18(19(16)25)24-11-3-10-21-24/h3-12H,1-2H3,(H2,22,25,26). The summed E-state index contributed by atoms with van der Waals surface area (Å²) in [5, 5.41) is 15.2. The number of hydrogen-bond donors (Lipinski definition) is 2. The third kappa shape index (κ3) is 2.61. The first-order valence-corrected chi connectivity index (χ1v) is 8.21. The van der Waals surface area contributed by atoms with Crippen molar-refractivity contribution in [2.24, 2.45) is 0 Å². The quantitative estimate of drug-likeness (QED) is 0.598. The monoisotopic (exact) mass is 346 g/mol. The van der Waals surface area contributed by atoms with Crippen molar-refractivity contribution in [3.05, 3.63) is 71.3 Å². The molecular formula is C20H18N4O2. The second-order valence-electron chi connectivity index (χ2n) is 6.30. The minimum atomic E-state index is -0.390. The topological polar surface area (TPSA) is 74.2 Å². The Morgan fingerprint density at radius 2 is 1.81 bits per heavy atom. The highest BCUT2D eigenvalue weighted by atomic mass is 16.3. The number of benzene rings is 2. The molecule has 0 bridgehead atoms. The molecule has 0 spiro atoms. The van der Waals surface area contributed by atoms with Crippen LogP contribution in [0.2, 0.25) is 0 Å². The molecule has 2 aromatic carbocycles. The van der Waals surface area contributed by atoms with Gasteiger partial charge in [0.2, 0.25) is 0 Å². The summed E-state index contributed by atoms with van der Waals surface area (Å²) < 4.78 is 1.36. The van der Waals surface area contributed by atoms with Crippen LogP contribution in [0.5, 0.6) is 5.75 Å². The first kappa shape index (κ1) is 16.0. The van der Waals surface area contributed by atoms with Crippen LogP contribution in [0, 0.1) is 0 Å². The largest absolute Gasteiger partial charge is 0.505 e. The molecular weight excluding hydrogens is 328 g/mol. The van der Waals surface area contributed by atoms with Crippen molar-refractivity contribution in [2.45, 2.75) is 0 Å². The van der Waals surface area contributed by atoms with E-state index in [-0.39, 0.29) is 17.0 Å². The molecule has 2 N–H and O–H groups in total. The number of pyridine rings is 1. The summed E-state index contributed by atoms with van der Waals surface area (Å²) in [6, 6.07) is 15.5. The van der Waals surface area contributed by atoms with Crippen LogP contribution < -0.4 is 10.5 Å². The molecule has 0 aliphatic rings. The summed E-state index contributed by atoms with van der Waals surface area (Å²) in [5.74, 6) is -0.0815. The second kappa shape index (κ2) is 6.07. The molecule has 2 aromatic heterocycles. The van der Waals surface area contributed by atoms with Crippen LogP contribution in [0.15, 0.2) is 65.7 Å². The van der Waals surface area contributed by atoms with Crippen LogP contribution >= 0.6 is 0 Å². The van der Waals surface area contributed by atoms with Crippen LogP contribution in [-0.4, -0.2) is 34.0 Å². The summed E-state index contributed by atoms with van der Waals surface area (Å²) >= 11 is 0. The summed E-state index contributed by atoms with van der Waals surface area (Å²) in [7, 11) is 3.99. The summed E-state index contributed by atoms with van der Waals surface area (Å²) in [6.45, 7) is 0. The number of fused-ring (bicyclic) bond motifs is 1. The Morgan fingerprint density at radius 1 is 1.08 bits per heavy atom. The van der Waals surface area contributed by atoms with Crippen LogP contribution in [0.3, 0.4) is 0 Å². The molecule has 0 saturated carbocycles. The first-order chi connectivity index (χ1) is 12.5. The van der Waals surface area contributed by atoms with Crippen molar-refractivity contribution >= 4 is 16.6 Å². The number of aromatic nitrogens is 3. The minimum absolute atomic E-state index is 0.0815. The van der Waals surface area contributed by atoms with Gasteiger partial charge in [0.1, 0.15) is 0 Å². The average molecular weight is 346 g/mol. The number of hydrogen-bond acceptors (Lipinski definition) is 4. The average Bonchev–Trinajstić information content (AvgIpc) is 3.15. The zero-order valence-electron chi connectivity index (χ0n) is 14.5. The Kier molecular flexibility index (Phi) is 3.73. The van der Waals surface area contributed by atoms with E-state index in [4.69, 9.17) is 0 Å². The smallest absolute Gasteiger partial charge is 0.278 e. The fraction of sp³-hybridized carbons (Fsp3) is 0.100. The van der Waals surface area contributed by atoms with Crippen molar-refractivity contribution in [3.63, 3.8) is 0 Å². The number of aromatic amines is 1. The minimum Gasteiger partial charge on any atom is -0.505 e. The van der Waals surface area contributed by atoms with E-state index in [2.05, 4.69) is 10.1 Å². The lowest BCUT2D eigenvalue weighted by atomic mass is 10.0. The van der Waals surface area contributed by atoms with Gasteiger partial charge in [0.15, 0.2) is 11.4 Å². The lowest BCUT2D eigenvalue weighted by Crippen LogP contribution is -2.15. The van der Waals surface area contributed by atoms with Crippen LogP contribution in [0.1, 0.15) is 0 Å². The van der Waals surface area contributed by atoms with Gasteiger partial charge in [0.05, 0.1) is 5.52 Å². The van der Waals surface area contributed by atoms with Crippen molar-refractivity contribution in [1.29, 1.82) is 0 Å². The number of aromatic hydroxyl groups is 1. The van der Waals surface area contributed by atoms with Crippen LogP contribution in [0.25, 0.3) is 27.7 Å². The SMILES string of the molecule is CN(C)c1ccc(-c2ccc3c(O)c(-n4cccn4)c(=O)[nH]c3c2)cc1. The molecule has 2 heterocycles. The van der Waals surface area contributed by atoms with E-state index in [9.17, 15) is 9.90 Å². The molecule has 0 radical (unpaired) electrons. The Labute approximate surface area is 149 Å². The molecule has 0 amide bonds. The predicted octanol–water partition coefficient (Wildman–Crippen LogP) is 3.15. The van der Waals surface area contributed by atoms with Crippen molar-refractivity contribution in [1.82, 2.24) is 14.8 Å². The highest BCUT2D eigenvalue weighted by Crippen LogP contribution is 2.31. The van der Waals surface area contributed by atoms with Crippen molar-refractivity contribution < 1.29 is 5.11 Å². The molecule has 0 saturated heterocycles. The number of nitrogens with zero attached hydrogens (tertiary/aromatic N) is 3. The second-order valence-corrected chi connectivity index (χ2v) is 6.30. The number of rotatable bonds is 3. The molecule has 4 rings (SSSR count). The zero-order chi connectivity index (χ0) is 18.3. The molecule has 0 atom stereocenters. The van der Waals surface area contributed by atoms with E-state index in [1.807, 2.05) is 61.5 Å². The summed E-state index contributed by atoms with van der Waals surface area (Å²) in [5.41, 5.74) is 3.42. The molecule has 4 aromatic rings. The van der Waals surface area contributed by atoms with Gasteiger partial charge in [0.25, 0.3) is 5.56 Å². The third-order valence-corrected chi connectivity index (χ3v) is 4.41. The molecule has 26 heavy (non-hydrogen) atoms. The fourth-order valence-electron chi connectivity index (χ4n) is 3.02. The van der Waals surface area contributed by atoms with E-state index in [1.54, 1.807) is 18.5 Å². The zero-order valence-corrected chi connectivity index (χ0v) is 14.5. The maximum Gasteiger partial charge on any atom is 0.278 e. The van der Waals surface area contributed by atoms with Gasteiger partial charge in [-0.3, -0.25) is 4.79 Å². The molecule has 130 valence electrons. The molecule has 0 unspecified atom stereocenters. The van der Waals surface area contributed by atoms with Gasteiger partial charge in [-0.05, 0) is 41.5 Å². The highest BCUT2D eigenvalue weighted by molar-refractivity contribution is 5.91. The van der Waals surface area contributed by atoms with Gasteiger partial charge in [-0.15, -0.1) is 0 Å². The maximum atomic E-state index is 12.4. The molecule has 0 aliphatic heterocycles. The van der Waals surface area contributed by atoms with Crippen LogP contribution in [-0.2, 0) is 0 Å². The molecule has 0 fully saturated rings. The number of anilines is 1. The van der Waals surface area contributed by atoms with Crippen molar-refractivity contribution in [2.75, 3.05) is 19.0 Å². The number of H-pyrrole nitrogens is 1. The van der Waals surface area contributed by atoms with Crippen LogP contribution in [0.4, 0.5) is 5.69 Å². The van der Waals surface area contributed by atoms with Gasteiger partial charge in [0, 0.05) is 37.6 Å². The lowest BCUT2D eigenvalue weighted by Gasteiger charge is -2.13.